The standard InChI is InChI=1S/C16H22O2/c1-10(2)11(3)15(17)12-6-7-14-13(8-12)9-16(4,5)18-14/h6-8,10-11H,9H2,1-5H3. The van der Waals surface area contributed by atoms with Crippen LogP contribution in [-0.4, -0.2) is 11.4 Å². The highest BCUT2D eigenvalue weighted by atomic mass is 16.5. The summed E-state index contributed by atoms with van der Waals surface area (Å²) in [5.41, 5.74) is 1.83. The fourth-order valence-corrected chi connectivity index (χ4v) is 2.33. The molecule has 0 spiro atoms. The van der Waals surface area contributed by atoms with E-state index in [2.05, 4.69) is 27.7 Å². The topological polar surface area (TPSA) is 26.3 Å². The molecule has 1 unspecified atom stereocenters. The second-order valence-corrected chi connectivity index (χ2v) is 6.26. The van der Waals surface area contributed by atoms with Crippen molar-refractivity contribution in [3.63, 3.8) is 0 Å². The van der Waals surface area contributed by atoms with Crippen molar-refractivity contribution in [3.05, 3.63) is 29.3 Å². The average Bonchev–Trinajstić information content (AvgIpc) is 2.59. The zero-order valence-corrected chi connectivity index (χ0v) is 11.9. The van der Waals surface area contributed by atoms with Gasteiger partial charge in [0.05, 0.1) is 0 Å². The number of carbonyl (C=O) groups is 1. The van der Waals surface area contributed by atoms with Crippen molar-refractivity contribution < 1.29 is 9.53 Å². The number of fused-ring (bicyclic) bond motifs is 1. The summed E-state index contributed by atoms with van der Waals surface area (Å²) in [5, 5.41) is 0. The van der Waals surface area contributed by atoms with Gasteiger partial charge in [0, 0.05) is 17.9 Å². The third-order valence-electron chi connectivity index (χ3n) is 3.76. The summed E-state index contributed by atoms with van der Waals surface area (Å²) in [6.07, 6.45) is 0.875. The Balaban J connectivity index is 2.26. The number of hydrogen-bond acceptors (Lipinski definition) is 2. The van der Waals surface area contributed by atoms with Gasteiger partial charge in [-0.3, -0.25) is 4.79 Å². The molecule has 0 amide bonds. The molecular formula is C16H22O2. The lowest BCUT2D eigenvalue weighted by molar-refractivity contribution is 0.0899. The Bertz CT molecular complexity index is 472. The number of rotatable bonds is 3. The first kappa shape index (κ1) is 13.1. The largest absolute Gasteiger partial charge is 0.487 e. The molecule has 0 saturated heterocycles. The molecule has 2 nitrogen and oxygen atoms in total. The van der Waals surface area contributed by atoms with Crippen molar-refractivity contribution in [1.29, 1.82) is 0 Å². The summed E-state index contributed by atoms with van der Waals surface area (Å²) in [7, 11) is 0. The van der Waals surface area contributed by atoms with Gasteiger partial charge in [0.2, 0.25) is 0 Å². The van der Waals surface area contributed by atoms with E-state index in [4.69, 9.17) is 4.74 Å². The highest BCUT2D eigenvalue weighted by molar-refractivity contribution is 5.98. The van der Waals surface area contributed by atoms with Crippen molar-refractivity contribution in [2.24, 2.45) is 11.8 Å². The number of hydrogen-bond donors (Lipinski definition) is 0. The minimum absolute atomic E-state index is 0.0679. The van der Waals surface area contributed by atoms with Crippen LogP contribution in [0.25, 0.3) is 0 Å². The first-order valence-electron chi connectivity index (χ1n) is 6.66. The van der Waals surface area contributed by atoms with Crippen LogP contribution in [0.3, 0.4) is 0 Å². The van der Waals surface area contributed by atoms with E-state index >= 15 is 0 Å². The van der Waals surface area contributed by atoms with Crippen molar-refractivity contribution >= 4 is 5.78 Å². The number of ether oxygens (including phenoxy) is 1. The van der Waals surface area contributed by atoms with Gasteiger partial charge in [-0.05, 0) is 43.5 Å². The van der Waals surface area contributed by atoms with Gasteiger partial charge in [-0.1, -0.05) is 20.8 Å². The van der Waals surface area contributed by atoms with E-state index in [1.54, 1.807) is 0 Å². The SMILES string of the molecule is CC(C)C(C)C(=O)c1ccc2c(c1)CC(C)(C)O2. The lowest BCUT2D eigenvalue weighted by Gasteiger charge is -2.16. The summed E-state index contributed by atoms with van der Waals surface area (Å²) in [6, 6.07) is 5.83. The summed E-state index contributed by atoms with van der Waals surface area (Å²) >= 11 is 0. The van der Waals surface area contributed by atoms with Gasteiger partial charge in [0.15, 0.2) is 5.78 Å². The number of benzene rings is 1. The molecule has 2 rings (SSSR count). The molecule has 0 aliphatic carbocycles. The summed E-state index contributed by atoms with van der Waals surface area (Å²) in [5.74, 6) is 1.60. The molecule has 1 aliphatic heterocycles. The summed E-state index contributed by atoms with van der Waals surface area (Å²) in [6.45, 7) is 10.3. The van der Waals surface area contributed by atoms with Crippen LogP contribution in [0.5, 0.6) is 5.75 Å². The van der Waals surface area contributed by atoms with Gasteiger partial charge in [-0.2, -0.15) is 0 Å². The zero-order chi connectivity index (χ0) is 13.5. The van der Waals surface area contributed by atoms with Gasteiger partial charge in [0.1, 0.15) is 11.4 Å². The second-order valence-electron chi connectivity index (χ2n) is 6.26. The van der Waals surface area contributed by atoms with Crippen LogP contribution < -0.4 is 4.74 Å². The third-order valence-corrected chi connectivity index (χ3v) is 3.76. The monoisotopic (exact) mass is 246 g/mol. The van der Waals surface area contributed by atoms with Crippen LogP contribution in [0.2, 0.25) is 0 Å². The van der Waals surface area contributed by atoms with Crippen LogP contribution in [0.4, 0.5) is 0 Å². The number of carbonyl (C=O) groups excluding carboxylic acids is 1. The first-order chi connectivity index (χ1) is 8.30. The molecule has 1 aliphatic rings. The molecule has 98 valence electrons. The normalized spacial score (nSPS) is 18.3. The smallest absolute Gasteiger partial charge is 0.165 e. The van der Waals surface area contributed by atoms with Crippen LogP contribution in [0.15, 0.2) is 18.2 Å². The van der Waals surface area contributed by atoms with E-state index in [1.165, 1.54) is 0 Å². The average molecular weight is 246 g/mol. The van der Waals surface area contributed by atoms with E-state index in [9.17, 15) is 4.79 Å². The molecule has 18 heavy (non-hydrogen) atoms. The van der Waals surface area contributed by atoms with Crippen LogP contribution in [0, 0.1) is 11.8 Å². The van der Waals surface area contributed by atoms with Gasteiger partial charge in [-0.25, -0.2) is 0 Å². The van der Waals surface area contributed by atoms with Crippen LogP contribution in [-0.2, 0) is 6.42 Å². The van der Waals surface area contributed by atoms with Gasteiger partial charge >= 0.3 is 0 Å². The van der Waals surface area contributed by atoms with E-state index in [0.29, 0.717) is 5.92 Å². The molecule has 1 aromatic rings. The Morgan fingerprint density at radius 3 is 2.56 bits per heavy atom. The molecule has 0 aromatic heterocycles. The molecule has 1 atom stereocenters. The maximum Gasteiger partial charge on any atom is 0.165 e. The Morgan fingerprint density at radius 1 is 1.28 bits per heavy atom. The van der Waals surface area contributed by atoms with E-state index in [1.807, 2.05) is 25.1 Å². The fourth-order valence-electron chi connectivity index (χ4n) is 2.33. The minimum Gasteiger partial charge on any atom is -0.487 e. The maximum atomic E-state index is 12.3. The maximum absolute atomic E-state index is 12.3. The Labute approximate surface area is 109 Å². The number of Topliss-reactive ketones (excluding diaryl/α,β-unsaturated/α-hetero) is 1. The molecular weight excluding hydrogens is 224 g/mol. The lowest BCUT2D eigenvalue weighted by Crippen LogP contribution is -2.24. The molecule has 0 N–H and O–H groups in total. The minimum atomic E-state index is -0.145. The third kappa shape index (κ3) is 2.43. The molecule has 2 heteroatoms. The Kier molecular flexibility index (Phi) is 3.22. The Hall–Kier alpha value is -1.31. The summed E-state index contributed by atoms with van der Waals surface area (Å²) in [4.78, 5) is 12.3. The van der Waals surface area contributed by atoms with Crippen molar-refractivity contribution in [2.45, 2.75) is 46.6 Å². The predicted molar refractivity (Wildman–Crippen MR) is 73.2 cm³/mol. The molecule has 0 bridgehead atoms. The zero-order valence-electron chi connectivity index (χ0n) is 11.9. The van der Waals surface area contributed by atoms with E-state index in [-0.39, 0.29) is 17.3 Å². The predicted octanol–water partition coefficient (Wildman–Crippen LogP) is 3.87. The van der Waals surface area contributed by atoms with Gasteiger partial charge in [0.25, 0.3) is 0 Å². The van der Waals surface area contributed by atoms with E-state index in [0.717, 1.165) is 23.3 Å². The number of ketones is 1. The fraction of sp³-hybridized carbons (Fsp3) is 0.562. The summed E-state index contributed by atoms with van der Waals surface area (Å²) < 4.78 is 5.83. The van der Waals surface area contributed by atoms with Gasteiger partial charge in [-0.15, -0.1) is 0 Å². The quantitative estimate of drug-likeness (QED) is 0.757. The van der Waals surface area contributed by atoms with Crippen LogP contribution >= 0.6 is 0 Å². The molecule has 1 aromatic carbocycles. The highest BCUT2D eigenvalue weighted by Crippen LogP contribution is 2.35. The van der Waals surface area contributed by atoms with Gasteiger partial charge < -0.3 is 4.74 Å². The molecule has 0 saturated carbocycles. The molecule has 0 fully saturated rings. The molecule has 0 radical (unpaired) electrons. The van der Waals surface area contributed by atoms with Crippen LogP contribution in [0.1, 0.15) is 50.5 Å². The van der Waals surface area contributed by atoms with Crippen molar-refractivity contribution in [1.82, 2.24) is 0 Å². The first-order valence-corrected chi connectivity index (χ1v) is 6.66. The van der Waals surface area contributed by atoms with Crippen molar-refractivity contribution in [3.8, 4) is 5.75 Å². The molecule has 1 heterocycles. The highest BCUT2D eigenvalue weighted by Gasteiger charge is 2.30. The Morgan fingerprint density at radius 2 is 1.94 bits per heavy atom. The van der Waals surface area contributed by atoms with E-state index < -0.39 is 0 Å². The second kappa shape index (κ2) is 4.42. The lowest BCUT2D eigenvalue weighted by atomic mass is 9.88. The van der Waals surface area contributed by atoms with Crippen molar-refractivity contribution in [2.75, 3.05) is 0 Å².